The Labute approximate surface area is 123 Å². The van der Waals surface area contributed by atoms with Crippen LogP contribution in [0.1, 0.15) is 38.7 Å². The van der Waals surface area contributed by atoms with Crippen LogP contribution in [0.5, 0.6) is 5.75 Å². The first-order chi connectivity index (χ1) is 9.06. The van der Waals surface area contributed by atoms with E-state index in [0.717, 1.165) is 36.0 Å². The second kappa shape index (κ2) is 6.73. The van der Waals surface area contributed by atoms with Gasteiger partial charge < -0.3 is 15.2 Å². The van der Waals surface area contributed by atoms with E-state index in [2.05, 4.69) is 47.2 Å². The Morgan fingerprint density at radius 1 is 1.42 bits per heavy atom. The van der Waals surface area contributed by atoms with Crippen LogP contribution in [0.15, 0.2) is 22.7 Å². The molecule has 0 radical (unpaired) electrons. The van der Waals surface area contributed by atoms with Crippen molar-refractivity contribution >= 4 is 15.9 Å². The van der Waals surface area contributed by atoms with E-state index in [-0.39, 0.29) is 12.2 Å². The molecule has 0 saturated heterocycles. The number of aliphatic hydroxyl groups excluding tert-OH is 1. The minimum atomic E-state index is -0.325. The van der Waals surface area contributed by atoms with Crippen molar-refractivity contribution in [2.75, 3.05) is 0 Å². The van der Waals surface area contributed by atoms with Crippen molar-refractivity contribution in [1.29, 1.82) is 0 Å². The van der Waals surface area contributed by atoms with Crippen LogP contribution in [0.25, 0.3) is 0 Å². The maximum atomic E-state index is 9.79. The lowest BCUT2D eigenvalue weighted by Gasteiger charge is -2.18. The van der Waals surface area contributed by atoms with Crippen molar-refractivity contribution < 1.29 is 9.84 Å². The van der Waals surface area contributed by atoms with E-state index in [1.807, 2.05) is 6.07 Å². The summed E-state index contributed by atoms with van der Waals surface area (Å²) < 4.78 is 6.84. The summed E-state index contributed by atoms with van der Waals surface area (Å²) >= 11 is 3.55. The maximum absolute atomic E-state index is 9.79. The monoisotopic (exact) mass is 327 g/mol. The van der Waals surface area contributed by atoms with Gasteiger partial charge in [-0.2, -0.15) is 0 Å². The van der Waals surface area contributed by atoms with Gasteiger partial charge in [-0.25, -0.2) is 0 Å². The third kappa shape index (κ3) is 4.20. The zero-order chi connectivity index (χ0) is 13.8. The Kier molecular flexibility index (Phi) is 5.25. The quantitative estimate of drug-likeness (QED) is 0.872. The fourth-order valence-electron chi connectivity index (χ4n) is 2.28. The molecule has 1 aromatic carbocycles. The van der Waals surface area contributed by atoms with Gasteiger partial charge in [-0.3, -0.25) is 0 Å². The molecule has 2 rings (SSSR count). The van der Waals surface area contributed by atoms with Crippen LogP contribution in [-0.4, -0.2) is 23.4 Å². The highest BCUT2D eigenvalue weighted by Gasteiger charge is 2.27. The largest absolute Gasteiger partial charge is 0.487 e. The third-order valence-corrected chi connectivity index (χ3v) is 4.03. The minimum absolute atomic E-state index is 0.0593. The van der Waals surface area contributed by atoms with E-state index >= 15 is 0 Å². The molecule has 0 spiro atoms. The average molecular weight is 328 g/mol. The Hall–Kier alpha value is -0.580. The lowest BCUT2D eigenvalue weighted by molar-refractivity contribution is 0.0599. The van der Waals surface area contributed by atoms with Gasteiger partial charge in [-0.15, -0.1) is 0 Å². The molecule has 19 heavy (non-hydrogen) atoms. The molecule has 0 heterocycles. The first kappa shape index (κ1) is 14.8. The molecule has 2 unspecified atom stereocenters. The summed E-state index contributed by atoms with van der Waals surface area (Å²) in [6.07, 6.45) is 2.44. The van der Waals surface area contributed by atoms with Crippen LogP contribution in [0, 0.1) is 0 Å². The maximum Gasteiger partial charge on any atom is 0.134 e. The van der Waals surface area contributed by atoms with Gasteiger partial charge in [0.05, 0.1) is 10.6 Å². The first-order valence-corrected chi connectivity index (χ1v) is 7.72. The summed E-state index contributed by atoms with van der Waals surface area (Å²) in [4.78, 5) is 0. The van der Waals surface area contributed by atoms with Gasteiger partial charge in [-0.05, 0) is 52.9 Å². The summed E-state index contributed by atoms with van der Waals surface area (Å²) in [7, 11) is 0. The van der Waals surface area contributed by atoms with E-state index in [9.17, 15) is 5.11 Å². The SMILES string of the molecule is CC(C)NCc1ccc(OC2CCCC2O)c(Br)c1. The number of rotatable bonds is 5. The van der Waals surface area contributed by atoms with Gasteiger partial charge in [0.15, 0.2) is 0 Å². The summed E-state index contributed by atoms with van der Waals surface area (Å²) in [6.45, 7) is 5.12. The lowest BCUT2D eigenvalue weighted by atomic mass is 10.2. The molecule has 0 aliphatic heterocycles. The van der Waals surface area contributed by atoms with Crippen molar-refractivity contribution in [3.8, 4) is 5.75 Å². The van der Waals surface area contributed by atoms with Gasteiger partial charge in [0.2, 0.25) is 0 Å². The number of nitrogens with one attached hydrogen (secondary N) is 1. The van der Waals surface area contributed by atoms with Crippen molar-refractivity contribution in [1.82, 2.24) is 5.32 Å². The van der Waals surface area contributed by atoms with Gasteiger partial charge in [0.1, 0.15) is 11.9 Å². The third-order valence-electron chi connectivity index (χ3n) is 3.41. The smallest absolute Gasteiger partial charge is 0.134 e. The first-order valence-electron chi connectivity index (χ1n) is 6.93. The van der Waals surface area contributed by atoms with E-state index in [0.29, 0.717) is 6.04 Å². The van der Waals surface area contributed by atoms with E-state index in [4.69, 9.17) is 4.74 Å². The van der Waals surface area contributed by atoms with Gasteiger partial charge in [0.25, 0.3) is 0 Å². The second-order valence-electron chi connectivity index (χ2n) is 5.45. The molecule has 3 nitrogen and oxygen atoms in total. The number of hydrogen-bond acceptors (Lipinski definition) is 3. The highest BCUT2D eigenvalue weighted by atomic mass is 79.9. The Morgan fingerprint density at radius 3 is 2.79 bits per heavy atom. The topological polar surface area (TPSA) is 41.5 Å². The molecule has 0 amide bonds. The highest BCUT2D eigenvalue weighted by molar-refractivity contribution is 9.10. The summed E-state index contributed by atoms with van der Waals surface area (Å²) in [5.41, 5.74) is 1.22. The highest BCUT2D eigenvalue weighted by Crippen LogP contribution is 2.31. The molecular weight excluding hydrogens is 306 g/mol. The molecule has 1 fully saturated rings. The standard InChI is InChI=1S/C15H22BrNO2/c1-10(2)17-9-11-6-7-14(12(16)8-11)19-15-5-3-4-13(15)18/h6-8,10,13,15,17-18H,3-5,9H2,1-2H3. The average Bonchev–Trinajstić information content (AvgIpc) is 2.75. The van der Waals surface area contributed by atoms with E-state index < -0.39 is 0 Å². The Balaban J connectivity index is 1.98. The zero-order valence-corrected chi connectivity index (χ0v) is 13.1. The predicted octanol–water partition coefficient (Wildman–Crippen LogP) is 3.24. The fraction of sp³-hybridized carbons (Fsp3) is 0.600. The number of ether oxygens (including phenoxy) is 1. The summed E-state index contributed by atoms with van der Waals surface area (Å²) in [6, 6.07) is 6.60. The summed E-state index contributed by atoms with van der Waals surface area (Å²) in [5.74, 6) is 0.819. The molecule has 1 aliphatic carbocycles. The molecule has 4 heteroatoms. The molecule has 0 bridgehead atoms. The van der Waals surface area contributed by atoms with Gasteiger partial charge in [0, 0.05) is 12.6 Å². The van der Waals surface area contributed by atoms with Crippen LogP contribution in [-0.2, 0) is 6.54 Å². The van der Waals surface area contributed by atoms with Crippen LogP contribution in [0.4, 0.5) is 0 Å². The molecule has 0 aromatic heterocycles. The van der Waals surface area contributed by atoms with E-state index in [1.54, 1.807) is 0 Å². The molecule has 1 saturated carbocycles. The number of halogens is 1. The lowest BCUT2D eigenvalue weighted by Crippen LogP contribution is -2.25. The number of hydrogen-bond donors (Lipinski definition) is 2. The van der Waals surface area contributed by atoms with Gasteiger partial charge in [-0.1, -0.05) is 19.9 Å². The van der Waals surface area contributed by atoms with Crippen LogP contribution < -0.4 is 10.1 Å². The van der Waals surface area contributed by atoms with Crippen molar-refractivity contribution in [2.45, 2.75) is 57.9 Å². The van der Waals surface area contributed by atoms with Gasteiger partial charge >= 0.3 is 0 Å². The van der Waals surface area contributed by atoms with Crippen molar-refractivity contribution in [2.24, 2.45) is 0 Å². The van der Waals surface area contributed by atoms with Crippen LogP contribution in [0.3, 0.4) is 0 Å². The Morgan fingerprint density at radius 2 is 2.21 bits per heavy atom. The fourth-order valence-corrected chi connectivity index (χ4v) is 2.80. The number of benzene rings is 1. The molecule has 1 aromatic rings. The Bertz CT molecular complexity index is 423. The normalized spacial score (nSPS) is 23.0. The molecule has 106 valence electrons. The second-order valence-corrected chi connectivity index (χ2v) is 6.31. The minimum Gasteiger partial charge on any atom is -0.487 e. The zero-order valence-electron chi connectivity index (χ0n) is 11.5. The molecular formula is C15H22BrNO2. The molecule has 2 N–H and O–H groups in total. The van der Waals surface area contributed by atoms with Crippen molar-refractivity contribution in [3.63, 3.8) is 0 Å². The predicted molar refractivity (Wildman–Crippen MR) is 80.4 cm³/mol. The number of aliphatic hydroxyl groups is 1. The van der Waals surface area contributed by atoms with Crippen LogP contribution >= 0.6 is 15.9 Å². The van der Waals surface area contributed by atoms with Crippen LogP contribution in [0.2, 0.25) is 0 Å². The van der Waals surface area contributed by atoms with Crippen molar-refractivity contribution in [3.05, 3.63) is 28.2 Å². The molecule has 1 aliphatic rings. The summed E-state index contributed by atoms with van der Waals surface area (Å²) in [5, 5.41) is 13.2. The van der Waals surface area contributed by atoms with E-state index in [1.165, 1.54) is 5.56 Å². The molecule has 2 atom stereocenters.